The third kappa shape index (κ3) is 3.25. The molecule has 0 unspecified atom stereocenters. The minimum Gasteiger partial charge on any atom is -0.495 e. The number of rotatable bonds is 3. The molecule has 0 saturated carbocycles. The molecule has 1 aromatic rings. The summed E-state index contributed by atoms with van der Waals surface area (Å²) >= 11 is 0. The molecule has 0 N–H and O–H groups in total. The maximum absolute atomic E-state index is 11.9. The number of carbonyl (C=O) groups is 1. The van der Waals surface area contributed by atoms with Crippen molar-refractivity contribution in [3.63, 3.8) is 0 Å². The fourth-order valence-electron chi connectivity index (χ4n) is 2.37. The van der Waals surface area contributed by atoms with Crippen LogP contribution >= 0.6 is 0 Å². The molecule has 1 aromatic carbocycles. The molecule has 1 amide bonds. The van der Waals surface area contributed by atoms with Gasteiger partial charge in [-0.25, -0.2) is 0 Å². The van der Waals surface area contributed by atoms with E-state index in [9.17, 15) is 4.79 Å². The molecule has 4 nitrogen and oxygen atoms in total. The summed E-state index contributed by atoms with van der Waals surface area (Å²) in [7, 11) is 1.55. The largest absolute Gasteiger partial charge is 0.495 e. The van der Waals surface area contributed by atoms with Crippen LogP contribution < -0.4 is 4.74 Å². The number of nitriles is 1. The number of nitrogens with zero attached hydrogens (tertiary/aromatic N) is 2. The van der Waals surface area contributed by atoms with Gasteiger partial charge in [0, 0.05) is 19.5 Å². The number of hydrogen-bond donors (Lipinski definition) is 0. The molecule has 0 radical (unpaired) electrons. The molecule has 1 heterocycles. The van der Waals surface area contributed by atoms with Crippen molar-refractivity contribution in [2.24, 2.45) is 0 Å². The second kappa shape index (κ2) is 6.24. The number of amides is 1. The molecule has 0 aromatic heterocycles. The maximum Gasteiger partial charge on any atom is 0.222 e. The third-order valence-electron chi connectivity index (χ3n) is 3.43. The standard InChI is InChI=1S/C15H18N2O2/c1-19-14-7-6-12(9-13(14)10-16)11-17-8-4-2-3-5-15(17)18/h6-7,9H,2-5,8,11H2,1H3. The molecular formula is C15H18N2O2. The summed E-state index contributed by atoms with van der Waals surface area (Å²) in [4.78, 5) is 13.8. The highest BCUT2D eigenvalue weighted by Gasteiger charge is 2.17. The molecule has 0 spiro atoms. The Labute approximate surface area is 113 Å². The van der Waals surface area contributed by atoms with Crippen LogP contribution in [-0.4, -0.2) is 24.5 Å². The highest BCUT2D eigenvalue weighted by molar-refractivity contribution is 5.76. The summed E-state index contributed by atoms with van der Waals surface area (Å²) in [5.74, 6) is 0.792. The molecule has 0 bridgehead atoms. The Bertz CT molecular complexity index is 505. The average Bonchev–Trinajstić information content (AvgIpc) is 2.64. The normalized spacial score (nSPS) is 15.8. The molecule has 0 atom stereocenters. The number of methoxy groups -OCH3 is 1. The third-order valence-corrected chi connectivity index (χ3v) is 3.43. The lowest BCUT2D eigenvalue weighted by molar-refractivity contribution is -0.131. The summed E-state index contributed by atoms with van der Waals surface area (Å²) in [6.07, 6.45) is 3.81. The van der Waals surface area contributed by atoms with E-state index in [-0.39, 0.29) is 5.91 Å². The lowest BCUT2D eigenvalue weighted by atomic mass is 10.1. The molecule has 2 rings (SSSR count). The zero-order valence-corrected chi connectivity index (χ0v) is 11.2. The second-order valence-electron chi connectivity index (χ2n) is 4.77. The first-order chi connectivity index (χ1) is 9.24. The fourth-order valence-corrected chi connectivity index (χ4v) is 2.37. The van der Waals surface area contributed by atoms with E-state index < -0.39 is 0 Å². The van der Waals surface area contributed by atoms with E-state index >= 15 is 0 Å². The highest BCUT2D eigenvalue weighted by Crippen LogP contribution is 2.21. The predicted molar refractivity (Wildman–Crippen MR) is 71.6 cm³/mol. The number of benzene rings is 1. The van der Waals surface area contributed by atoms with Gasteiger partial charge in [0.25, 0.3) is 0 Å². The van der Waals surface area contributed by atoms with Crippen LogP contribution in [0.1, 0.15) is 36.8 Å². The van der Waals surface area contributed by atoms with E-state index in [2.05, 4.69) is 6.07 Å². The predicted octanol–water partition coefficient (Wildman–Crippen LogP) is 2.47. The summed E-state index contributed by atoms with van der Waals surface area (Å²) in [5, 5.41) is 9.07. The first-order valence-electron chi connectivity index (χ1n) is 6.59. The average molecular weight is 258 g/mol. The Balaban J connectivity index is 2.14. The minimum atomic E-state index is 0.215. The van der Waals surface area contributed by atoms with Crippen LogP contribution in [0.4, 0.5) is 0 Å². The zero-order chi connectivity index (χ0) is 13.7. The van der Waals surface area contributed by atoms with Crippen LogP contribution in [0.15, 0.2) is 18.2 Å². The molecule has 19 heavy (non-hydrogen) atoms. The fraction of sp³-hybridized carbons (Fsp3) is 0.467. The van der Waals surface area contributed by atoms with Gasteiger partial charge in [0.05, 0.1) is 12.7 Å². The van der Waals surface area contributed by atoms with E-state index in [0.29, 0.717) is 24.3 Å². The van der Waals surface area contributed by atoms with Crippen LogP contribution in [0.3, 0.4) is 0 Å². The topological polar surface area (TPSA) is 53.3 Å². The van der Waals surface area contributed by atoms with Gasteiger partial charge in [-0.2, -0.15) is 5.26 Å². The van der Waals surface area contributed by atoms with Crippen molar-refractivity contribution in [3.8, 4) is 11.8 Å². The highest BCUT2D eigenvalue weighted by atomic mass is 16.5. The number of likely N-dealkylation sites (tertiary alicyclic amines) is 1. The quantitative estimate of drug-likeness (QED) is 0.837. The molecule has 100 valence electrons. The molecule has 0 aliphatic carbocycles. The van der Waals surface area contributed by atoms with Crippen molar-refractivity contribution in [2.75, 3.05) is 13.7 Å². The second-order valence-corrected chi connectivity index (χ2v) is 4.77. The summed E-state index contributed by atoms with van der Waals surface area (Å²) < 4.78 is 5.12. The van der Waals surface area contributed by atoms with Crippen LogP contribution in [0.5, 0.6) is 5.75 Å². The number of carbonyl (C=O) groups excluding carboxylic acids is 1. The van der Waals surface area contributed by atoms with Crippen LogP contribution in [-0.2, 0) is 11.3 Å². The van der Waals surface area contributed by atoms with E-state index in [1.165, 1.54) is 0 Å². The van der Waals surface area contributed by atoms with Gasteiger partial charge < -0.3 is 9.64 Å². The Morgan fingerprint density at radius 1 is 1.37 bits per heavy atom. The number of ether oxygens (including phenoxy) is 1. The zero-order valence-electron chi connectivity index (χ0n) is 11.2. The summed E-state index contributed by atoms with van der Waals surface area (Å²) in [5.41, 5.74) is 1.50. The van der Waals surface area contributed by atoms with E-state index in [1.54, 1.807) is 19.2 Å². The lowest BCUT2D eigenvalue weighted by Gasteiger charge is -2.20. The SMILES string of the molecule is COc1ccc(CN2CCCCCC2=O)cc1C#N. The van der Waals surface area contributed by atoms with Crippen molar-refractivity contribution in [2.45, 2.75) is 32.2 Å². The van der Waals surface area contributed by atoms with Gasteiger partial charge in [-0.05, 0) is 30.5 Å². The first-order valence-corrected chi connectivity index (χ1v) is 6.59. The van der Waals surface area contributed by atoms with Crippen molar-refractivity contribution in [1.82, 2.24) is 4.90 Å². The van der Waals surface area contributed by atoms with Gasteiger partial charge in [-0.3, -0.25) is 4.79 Å². The molecular weight excluding hydrogens is 240 g/mol. The van der Waals surface area contributed by atoms with E-state index in [4.69, 9.17) is 10.00 Å². The van der Waals surface area contributed by atoms with Crippen LogP contribution in [0.25, 0.3) is 0 Å². The molecule has 1 aliphatic rings. The van der Waals surface area contributed by atoms with Gasteiger partial charge in [-0.1, -0.05) is 12.5 Å². The van der Waals surface area contributed by atoms with Crippen LogP contribution in [0.2, 0.25) is 0 Å². The Kier molecular flexibility index (Phi) is 4.40. The van der Waals surface area contributed by atoms with Crippen molar-refractivity contribution in [1.29, 1.82) is 5.26 Å². The van der Waals surface area contributed by atoms with Gasteiger partial charge in [0.1, 0.15) is 11.8 Å². The summed E-state index contributed by atoms with van der Waals surface area (Å²) in [6.45, 7) is 1.39. The van der Waals surface area contributed by atoms with E-state index in [0.717, 1.165) is 31.4 Å². The first kappa shape index (κ1) is 13.4. The monoisotopic (exact) mass is 258 g/mol. The molecule has 1 fully saturated rings. The Morgan fingerprint density at radius 3 is 2.95 bits per heavy atom. The van der Waals surface area contributed by atoms with E-state index in [1.807, 2.05) is 11.0 Å². The lowest BCUT2D eigenvalue weighted by Crippen LogP contribution is -2.29. The number of hydrogen-bond acceptors (Lipinski definition) is 3. The minimum absolute atomic E-state index is 0.215. The Hall–Kier alpha value is -2.02. The maximum atomic E-state index is 11.9. The van der Waals surface area contributed by atoms with Crippen molar-refractivity contribution in [3.05, 3.63) is 29.3 Å². The summed E-state index contributed by atoms with van der Waals surface area (Å²) in [6, 6.07) is 7.62. The van der Waals surface area contributed by atoms with Gasteiger partial charge in [0.15, 0.2) is 0 Å². The van der Waals surface area contributed by atoms with Crippen molar-refractivity contribution < 1.29 is 9.53 Å². The van der Waals surface area contributed by atoms with Gasteiger partial charge >= 0.3 is 0 Å². The van der Waals surface area contributed by atoms with Gasteiger partial charge in [-0.15, -0.1) is 0 Å². The van der Waals surface area contributed by atoms with Crippen LogP contribution in [0, 0.1) is 11.3 Å². The smallest absolute Gasteiger partial charge is 0.222 e. The molecule has 1 saturated heterocycles. The molecule has 1 aliphatic heterocycles. The molecule has 4 heteroatoms. The van der Waals surface area contributed by atoms with Crippen molar-refractivity contribution >= 4 is 5.91 Å². The Morgan fingerprint density at radius 2 is 2.21 bits per heavy atom. The van der Waals surface area contributed by atoms with Gasteiger partial charge in [0.2, 0.25) is 5.91 Å².